The first kappa shape index (κ1) is 21.0. The molecule has 1 heterocycles. The second-order valence-corrected chi connectivity index (χ2v) is 7.28. The van der Waals surface area contributed by atoms with Gasteiger partial charge in [-0.3, -0.25) is 15.0 Å². The lowest BCUT2D eigenvalue weighted by Gasteiger charge is -2.35. The van der Waals surface area contributed by atoms with Crippen LogP contribution in [0.25, 0.3) is 5.70 Å². The largest absolute Gasteiger partial charge is 0.372 e. The molecule has 0 radical (unpaired) electrons. The second kappa shape index (κ2) is 9.67. The predicted octanol–water partition coefficient (Wildman–Crippen LogP) is 3.90. The summed E-state index contributed by atoms with van der Waals surface area (Å²) in [5.41, 5.74) is 4.36. The Morgan fingerprint density at radius 1 is 1.14 bits per heavy atom. The van der Waals surface area contributed by atoms with Crippen LogP contribution in [0, 0.1) is 10.1 Å². The Labute approximate surface area is 173 Å². The van der Waals surface area contributed by atoms with Crippen LogP contribution in [0.1, 0.15) is 36.6 Å². The number of nitro benzene ring substituents is 1. The fourth-order valence-corrected chi connectivity index (χ4v) is 4.01. The van der Waals surface area contributed by atoms with Crippen LogP contribution in [0.4, 0.5) is 5.69 Å². The third-order valence-corrected chi connectivity index (χ3v) is 5.62. The summed E-state index contributed by atoms with van der Waals surface area (Å²) in [7, 11) is 0. The van der Waals surface area contributed by atoms with Gasteiger partial charge in [0.15, 0.2) is 0 Å². The van der Waals surface area contributed by atoms with Gasteiger partial charge in [-0.25, -0.2) is 0 Å². The summed E-state index contributed by atoms with van der Waals surface area (Å²) < 4.78 is 0. The van der Waals surface area contributed by atoms with Gasteiger partial charge in [-0.15, -0.1) is 0 Å². The number of piperazine rings is 1. The van der Waals surface area contributed by atoms with Gasteiger partial charge < -0.3 is 10.2 Å². The lowest BCUT2D eigenvalue weighted by molar-refractivity contribution is -0.384. The molecule has 0 amide bonds. The van der Waals surface area contributed by atoms with Crippen LogP contribution in [0.3, 0.4) is 0 Å². The molecule has 1 aliphatic rings. The molecule has 0 bridgehead atoms. The van der Waals surface area contributed by atoms with Gasteiger partial charge in [0.25, 0.3) is 5.69 Å². The van der Waals surface area contributed by atoms with Crippen LogP contribution >= 0.6 is 0 Å². The molecule has 2 aromatic carbocycles. The number of nitro groups is 1. The minimum Gasteiger partial charge on any atom is -0.372 e. The van der Waals surface area contributed by atoms with Gasteiger partial charge in [-0.2, -0.15) is 0 Å². The molecule has 3 rings (SSSR count). The first-order chi connectivity index (χ1) is 14.0. The summed E-state index contributed by atoms with van der Waals surface area (Å²) in [6.07, 6.45) is 0. The van der Waals surface area contributed by atoms with Crippen molar-refractivity contribution in [3.05, 3.63) is 81.9 Å². The SMILES string of the molecule is C=C(c1ccc(C(c2cccc([N+](=O)[O-])c2)N2CCNCC2)cc1)N(CC)CC. The summed E-state index contributed by atoms with van der Waals surface area (Å²) in [6, 6.07) is 15.5. The topological polar surface area (TPSA) is 61.7 Å². The van der Waals surface area contributed by atoms with Crippen molar-refractivity contribution in [2.24, 2.45) is 0 Å². The van der Waals surface area contributed by atoms with Crippen molar-refractivity contribution in [1.29, 1.82) is 0 Å². The van der Waals surface area contributed by atoms with Crippen LogP contribution in [-0.2, 0) is 0 Å². The number of benzene rings is 2. The minimum absolute atomic E-state index is 0.00670. The molecular formula is C23H30N4O2. The maximum Gasteiger partial charge on any atom is 0.269 e. The van der Waals surface area contributed by atoms with E-state index in [0.717, 1.165) is 61.7 Å². The molecule has 6 heteroatoms. The highest BCUT2D eigenvalue weighted by atomic mass is 16.6. The van der Waals surface area contributed by atoms with E-state index in [-0.39, 0.29) is 16.7 Å². The van der Waals surface area contributed by atoms with Crippen LogP contribution in [0.5, 0.6) is 0 Å². The van der Waals surface area contributed by atoms with E-state index in [4.69, 9.17) is 0 Å². The predicted molar refractivity (Wildman–Crippen MR) is 118 cm³/mol. The molecule has 0 saturated carbocycles. The van der Waals surface area contributed by atoms with Crippen LogP contribution in [-0.4, -0.2) is 54.0 Å². The van der Waals surface area contributed by atoms with E-state index in [9.17, 15) is 10.1 Å². The number of nitrogens with zero attached hydrogens (tertiary/aromatic N) is 3. The Bertz CT molecular complexity index is 840. The molecule has 0 aliphatic carbocycles. The Morgan fingerprint density at radius 3 is 2.38 bits per heavy atom. The summed E-state index contributed by atoms with van der Waals surface area (Å²) >= 11 is 0. The van der Waals surface area contributed by atoms with E-state index in [2.05, 4.69) is 59.8 Å². The molecule has 29 heavy (non-hydrogen) atoms. The molecule has 1 aliphatic heterocycles. The van der Waals surface area contributed by atoms with E-state index in [1.165, 1.54) is 0 Å². The third-order valence-electron chi connectivity index (χ3n) is 5.62. The van der Waals surface area contributed by atoms with E-state index < -0.39 is 0 Å². The van der Waals surface area contributed by atoms with Crippen LogP contribution in [0.2, 0.25) is 0 Å². The molecule has 0 aromatic heterocycles. The summed E-state index contributed by atoms with van der Waals surface area (Å²) in [5.74, 6) is 0. The van der Waals surface area contributed by atoms with E-state index in [1.54, 1.807) is 18.2 Å². The van der Waals surface area contributed by atoms with Gasteiger partial charge >= 0.3 is 0 Å². The molecule has 1 N–H and O–H groups in total. The number of nitrogens with one attached hydrogen (secondary N) is 1. The Kier molecular flexibility index (Phi) is 7.01. The van der Waals surface area contributed by atoms with Gasteiger partial charge in [0.2, 0.25) is 0 Å². The monoisotopic (exact) mass is 394 g/mol. The van der Waals surface area contributed by atoms with Crippen molar-refractivity contribution >= 4 is 11.4 Å². The van der Waals surface area contributed by atoms with Crippen molar-refractivity contribution in [1.82, 2.24) is 15.1 Å². The van der Waals surface area contributed by atoms with E-state index in [1.807, 2.05) is 6.07 Å². The first-order valence-electron chi connectivity index (χ1n) is 10.3. The minimum atomic E-state index is -0.324. The quantitative estimate of drug-likeness (QED) is 0.543. The lowest BCUT2D eigenvalue weighted by atomic mass is 9.94. The van der Waals surface area contributed by atoms with Crippen LogP contribution < -0.4 is 5.32 Å². The highest BCUT2D eigenvalue weighted by molar-refractivity contribution is 5.62. The number of hydrogen-bond donors (Lipinski definition) is 1. The maximum atomic E-state index is 11.3. The highest BCUT2D eigenvalue weighted by Gasteiger charge is 2.25. The van der Waals surface area contributed by atoms with Crippen molar-refractivity contribution in [2.45, 2.75) is 19.9 Å². The molecule has 1 unspecified atom stereocenters. The molecule has 2 aromatic rings. The molecule has 6 nitrogen and oxygen atoms in total. The average Bonchev–Trinajstić information content (AvgIpc) is 2.76. The van der Waals surface area contributed by atoms with Gasteiger partial charge in [0.05, 0.1) is 11.0 Å². The molecule has 1 saturated heterocycles. The fraction of sp³-hybridized carbons (Fsp3) is 0.391. The van der Waals surface area contributed by atoms with Gasteiger partial charge in [0, 0.05) is 57.1 Å². The van der Waals surface area contributed by atoms with Crippen molar-refractivity contribution < 1.29 is 4.92 Å². The lowest BCUT2D eigenvalue weighted by Crippen LogP contribution is -2.45. The maximum absolute atomic E-state index is 11.3. The zero-order valence-corrected chi connectivity index (χ0v) is 17.3. The summed E-state index contributed by atoms with van der Waals surface area (Å²) in [6.45, 7) is 14.0. The summed E-state index contributed by atoms with van der Waals surface area (Å²) in [4.78, 5) is 15.6. The fourth-order valence-electron chi connectivity index (χ4n) is 4.01. The standard InChI is InChI=1S/C23H30N4O2/c1-4-25(5-2)18(3)19-9-11-20(12-10-19)23(26-15-13-24-14-16-26)21-7-6-8-22(17-21)27(28)29/h6-12,17,23-24H,3-5,13-16H2,1-2H3. The Morgan fingerprint density at radius 2 is 1.79 bits per heavy atom. The van der Waals surface area contributed by atoms with Crippen molar-refractivity contribution in [2.75, 3.05) is 39.3 Å². The number of non-ortho nitro benzene ring substituents is 1. The van der Waals surface area contributed by atoms with Gasteiger partial charge in [0.1, 0.15) is 0 Å². The van der Waals surface area contributed by atoms with Gasteiger partial charge in [-0.1, -0.05) is 43.0 Å². The first-order valence-corrected chi connectivity index (χ1v) is 10.3. The Hall–Kier alpha value is -2.70. The zero-order valence-electron chi connectivity index (χ0n) is 17.3. The van der Waals surface area contributed by atoms with Crippen molar-refractivity contribution in [3.8, 4) is 0 Å². The van der Waals surface area contributed by atoms with Gasteiger partial charge in [-0.05, 0) is 30.5 Å². The Balaban J connectivity index is 1.95. The zero-order chi connectivity index (χ0) is 20.8. The molecule has 1 atom stereocenters. The van der Waals surface area contributed by atoms with Crippen LogP contribution in [0.15, 0.2) is 55.1 Å². The third kappa shape index (κ3) is 4.83. The van der Waals surface area contributed by atoms with E-state index in [0.29, 0.717) is 0 Å². The smallest absolute Gasteiger partial charge is 0.269 e. The molecule has 1 fully saturated rings. The molecular weight excluding hydrogens is 364 g/mol. The number of hydrogen-bond acceptors (Lipinski definition) is 5. The number of rotatable bonds is 8. The average molecular weight is 395 g/mol. The molecule has 0 spiro atoms. The summed E-state index contributed by atoms with van der Waals surface area (Å²) in [5, 5.41) is 14.7. The highest BCUT2D eigenvalue weighted by Crippen LogP contribution is 2.32. The molecule has 154 valence electrons. The second-order valence-electron chi connectivity index (χ2n) is 7.28. The van der Waals surface area contributed by atoms with E-state index >= 15 is 0 Å². The van der Waals surface area contributed by atoms with Crippen molar-refractivity contribution in [3.63, 3.8) is 0 Å². The normalized spacial score (nSPS) is 15.7.